The first-order chi connectivity index (χ1) is 11.9. The first-order valence-corrected chi connectivity index (χ1v) is 8.45. The summed E-state index contributed by atoms with van der Waals surface area (Å²) in [6.07, 6.45) is 0. The summed E-state index contributed by atoms with van der Waals surface area (Å²) in [6.45, 7) is 0. The lowest BCUT2D eigenvalue weighted by atomic mass is 9.84. The van der Waals surface area contributed by atoms with E-state index in [9.17, 15) is 9.59 Å². The van der Waals surface area contributed by atoms with E-state index in [4.69, 9.17) is 0 Å². The molecule has 0 bridgehead atoms. The molecule has 2 amide bonds. The second kappa shape index (κ2) is 6.36. The van der Waals surface area contributed by atoms with Gasteiger partial charge in [0.05, 0.1) is 11.8 Å². The molecule has 4 nitrogen and oxygen atoms in total. The van der Waals surface area contributed by atoms with Crippen LogP contribution in [0.5, 0.6) is 0 Å². The second-order valence-corrected chi connectivity index (χ2v) is 7.02. The maximum atomic E-state index is 13.0. The molecule has 130 valence electrons. The number of benzene rings is 2. The monoisotopic (exact) mass is 336 g/mol. The lowest BCUT2D eigenvalue weighted by Gasteiger charge is -2.21. The molecule has 0 spiro atoms. The van der Waals surface area contributed by atoms with Crippen LogP contribution in [0.1, 0.15) is 11.1 Å². The molecule has 1 aliphatic carbocycles. The third-order valence-corrected chi connectivity index (χ3v) is 5.12. The average molecular weight is 336 g/mol. The van der Waals surface area contributed by atoms with Gasteiger partial charge in [-0.3, -0.25) is 9.59 Å². The Bertz CT molecular complexity index is 701. The van der Waals surface area contributed by atoms with Crippen LogP contribution in [0.25, 0.3) is 0 Å². The highest BCUT2D eigenvalue weighted by Gasteiger charge is 2.73. The third-order valence-electron chi connectivity index (χ3n) is 5.12. The smallest absolute Gasteiger partial charge is 0.227 e. The molecule has 0 aliphatic heterocycles. The van der Waals surface area contributed by atoms with Crippen molar-refractivity contribution in [3.05, 3.63) is 71.8 Å². The van der Waals surface area contributed by atoms with Crippen molar-refractivity contribution in [1.29, 1.82) is 0 Å². The van der Waals surface area contributed by atoms with Crippen LogP contribution in [0.3, 0.4) is 0 Å². The minimum absolute atomic E-state index is 0.00657. The Labute approximate surface area is 149 Å². The van der Waals surface area contributed by atoms with Gasteiger partial charge < -0.3 is 9.80 Å². The lowest BCUT2D eigenvalue weighted by molar-refractivity contribution is -0.135. The highest BCUT2D eigenvalue weighted by Crippen LogP contribution is 2.64. The molecular weight excluding hydrogens is 312 g/mol. The van der Waals surface area contributed by atoms with E-state index in [1.807, 2.05) is 60.7 Å². The van der Waals surface area contributed by atoms with Crippen molar-refractivity contribution in [2.24, 2.45) is 11.8 Å². The zero-order valence-corrected chi connectivity index (χ0v) is 15.1. The van der Waals surface area contributed by atoms with Crippen LogP contribution in [0.2, 0.25) is 0 Å². The first kappa shape index (κ1) is 17.2. The molecule has 1 saturated carbocycles. The summed E-state index contributed by atoms with van der Waals surface area (Å²) in [6, 6.07) is 19.8. The zero-order chi connectivity index (χ0) is 18.2. The van der Waals surface area contributed by atoms with Gasteiger partial charge in [-0.05, 0) is 11.1 Å². The fourth-order valence-electron chi connectivity index (χ4n) is 3.93. The van der Waals surface area contributed by atoms with Gasteiger partial charge >= 0.3 is 0 Å². The summed E-state index contributed by atoms with van der Waals surface area (Å²) in [7, 11) is 6.99. The van der Waals surface area contributed by atoms with Crippen LogP contribution in [-0.4, -0.2) is 49.8 Å². The standard InChI is InChI=1S/C21H24N2O2/c1-22(2)19(24)17-18(20(25)23(3)4)21(17,15-11-7-5-8-12-15)16-13-9-6-10-14-16/h5-14,17-18H,1-4H3/t17-,18-/m0/s1. The SMILES string of the molecule is CN(C)C(=O)[C@@H]1[C@@H](C(=O)N(C)C)C1(c1ccccc1)c1ccccc1. The summed E-state index contributed by atoms with van der Waals surface area (Å²) >= 11 is 0. The van der Waals surface area contributed by atoms with Gasteiger partial charge in [0.1, 0.15) is 0 Å². The van der Waals surface area contributed by atoms with Crippen LogP contribution in [0, 0.1) is 11.8 Å². The number of hydrogen-bond acceptors (Lipinski definition) is 2. The first-order valence-electron chi connectivity index (χ1n) is 8.45. The highest BCUT2D eigenvalue weighted by molar-refractivity contribution is 5.98. The summed E-state index contributed by atoms with van der Waals surface area (Å²) in [5, 5.41) is 0. The van der Waals surface area contributed by atoms with E-state index in [1.54, 1.807) is 38.0 Å². The Morgan fingerprint density at radius 1 is 0.680 bits per heavy atom. The van der Waals surface area contributed by atoms with Crippen molar-refractivity contribution in [1.82, 2.24) is 9.80 Å². The van der Waals surface area contributed by atoms with E-state index in [-0.39, 0.29) is 23.7 Å². The van der Waals surface area contributed by atoms with E-state index < -0.39 is 5.41 Å². The molecule has 2 aromatic rings. The van der Waals surface area contributed by atoms with Crippen LogP contribution in [-0.2, 0) is 15.0 Å². The van der Waals surface area contributed by atoms with Crippen LogP contribution < -0.4 is 0 Å². The van der Waals surface area contributed by atoms with Crippen molar-refractivity contribution < 1.29 is 9.59 Å². The van der Waals surface area contributed by atoms with Crippen molar-refractivity contribution in [3.8, 4) is 0 Å². The van der Waals surface area contributed by atoms with Gasteiger partial charge in [-0.25, -0.2) is 0 Å². The maximum absolute atomic E-state index is 13.0. The Morgan fingerprint density at radius 2 is 1.00 bits per heavy atom. The summed E-state index contributed by atoms with van der Waals surface area (Å²) in [4.78, 5) is 29.1. The van der Waals surface area contributed by atoms with Gasteiger partial charge in [-0.15, -0.1) is 0 Å². The van der Waals surface area contributed by atoms with Gasteiger partial charge in [-0.1, -0.05) is 60.7 Å². The van der Waals surface area contributed by atoms with Gasteiger partial charge in [0, 0.05) is 33.6 Å². The van der Waals surface area contributed by atoms with Crippen molar-refractivity contribution >= 4 is 11.8 Å². The lowest BCUT2D eigenvalue weighted by Crippen LogP contribution is -2.28. The number of hydrogen-bond donors (Lipinski definition) is 0. The van der Waals surface area contributed by atoms with E-state index in [0.29, 0.717) is 0 Å². The molecule has 1 fully saturated rings. The number of amides is 2. The number of carbonyl (C=O) groups is 2. The Hall–Kier alpha value is -2.62. The van der Waals surface area contributed by atoms with Crippen molar-refractivity contribution in [2.75, 3.05) is 28.2 Å². The number of rotatable bonds is 4. The van der Waals surface area contributed by atoms with E-state index in [2.05, 4.69) is 0 Å². The molecular formula is C21H24N2O2. The molecule has 0 saturated heterocycles. The Morgan fingerprint density at radius 3 is 1.28 bits per heavy atom. The molecule has 0 heterocycles. The molecule has 0 radical (unpaired) electrons. The molecule has 4 heteroatoms. The summed E-state index contributed by atoms with van der Waals surface area (Å²) < 4.78 is 0. The summed E-state index contributed by atoms with van der Waals surface area (Å²) in [5.41, 5.74) is 1.42. The largest absolute Gasteiger partial charge is 0.349 e. The average Bonchev–Trinajstić information content (AvgIpc) is 3.32. The topological polar surface area (TPSA) is 40.6 Å². The normalized spacial score (nSPS) is 20.6. The van der Waals surface area contributed by atoms with Gasteiger partial charge in [0.25, 0.3) is 0 Å². The Kier molecular flexibility index (Phi) is 4.38. The van der Waals surface area contributed by atoms with Gasteiger partial charge in [0.2, 0.25) is 11.8 Å². The second-order valence-electron chi connectivity index (χ2n) is 7.02. The third kappa shape index (κ3) is 2.62. The van der Waals surface area contributed by atoms with Crippen molar-refractivity contribution in [2.45, 2.75) is 5.41 Å². The fraction of sp³-hybridized carbons (Fsp3) is 0.333. The predicted octanol–water partition coefficient (Wildman–Crippen LogP) is 2.40. The zero-order valence-electron chi connectivity index (χ0n) is 15.1. The molecule has 0 aromatic heterocycles. The van der Waals surface area contributed by atoms with Gasteiger partial charge in [-0.2, -0.15) is 0 Å². The van der Waals surface area contributed by atoms with Crippen LogP contribution in [0.15, 0.2) is 60.7 Å². The fourth-order valence-corrected chi connectivity index (χ4v) is 3.93. The molecule has 2 aromatic carbocycles. The molecule has 2 atom stereocenters. The van der Waals surface area contributed by atoms with Crippen molar-refractivity contribution in [3.63, 3.8) is 0 Å². The molecule has 0 unspecified atom stereocenters. The molecule has 25 heavy (non-hydrogen) atoms. The number of carbonyl (C=O) groups excluding carboxylic acids is 2. The van der Waals surface area contributed by atoms with E-state index >= 15 is 0 Å². The van der Waals surface area contributed by atoms with E-state index in [0.717, 1.165) is 11.1 Å². The highest BCUT2D eigenvalue weighted by atomic mass is 16.2. The van der Waals surface area contributed by atoms with Crippen LogP contribution in [0.4, 0.5) is 0 Å². The predicted molar refractivity (Wildman–Crippen MR) is 98.0 cm³/mol. The van der Waals surface area contributed by atoms with Gasteiger partial charge in [0.15, 0.2) is 0 Å². The minimum atomic E-state index is -0.606. The maximum Gasteiger partial charge on any atom is 0.227 e. The summed E-state index contributed by atoms with van der Waals surface area (Å²) in [5.74, 6) is -0.787. The minimum Gasteiger partial charge on any atom is -0.349 e. The number of nitrogens with zero attached hydrogens (tertiary/aromatic N) is 2. The molecule has 3 rings (SSSR count). The Balaban J connectivity index is 2.22. The quantitative estimate of drug-likeness (QED) is 0.860. The molecule has 1 aliphatic rings. The van der Waals surface area contributed by atoms with E-state index in [1.165, 1.54) is 0 Å². The molecule has 0 N–H and O–H groups in total. The van der Waals surface area contributed by atoms with Crippen LogP contribution >= 0.6 is 0 Å².